The van der Waals surface area contributed by atoms with Crippen molar-refractivity contribution in [2.24, 2.45) is 0 Å². The van der Waals surface area contributed by atoms with Gasteiger partial charge in [-0.2, -0.15) is 16.9 Å². The monoisotopic (exact) mass is 282 g/mol. The average Bonchev–Trinajstić information content (AvgIpc) is 2.65. The summed E-state index contributed by atoms with van der Waals surface area (Å²) in [6, 6.07) is 0. The number of rotatable bonds is 4. The largest absolute Gasteiger partial charge is 0.396 e. The van der Waals surface area contributed by atoms with Crippen molar-refractivity contribution in [2.75, 3.05) is 18.0 Å². The molecule has 5 nitrogen and oxygen atoms in total. The molecular formula is C13H22N4OS. The lowest BCUT2D eigenvalue weighted by Crippen LogP contribution is -2.34. The van der Waals surface area contributed by atoms with Gasteiger partial charge in [0, 0.05) is 11.8 Å². The maximum Gasteiger partial charge on any atom is 0.241 e. The van der Waals surface area contributed by atoms with Gasteiger partial charge in [0.2, 0.25) is 5.91 Å². The molecule has 1 amide bonds. The first-order valence-corrected chi connectivity index (χ1v) is 7.80. The molecule has 106 valence electrons. The van der Waals surface area contributed by atoms with Crippen LogP contribution in [0.25, 0.3) is 0 Å². The van der Waals surface area contributed by atoms with Crippen LogP contribution < -0.4 is 11.1 Å². The number of amides is 1. The number of hydrogen-bond donors (Lipinski definition) is 2. The average molecular weight is 282 g/mol. The number of nitrogens with one attached hydrogen (secondary N) is 1. The molecule has 0 spiro atoms. The van der Waals surface area contributed by atoms with Gasteiger partial charge in [-0.05, 0) is 32.4 Å². The number of hydrogen-bond acceptors (Lipinski definition) is 4. The maximum absolute atomic E-state index is 11.9. The van der Waals surface area contributed by atoms with E-state index in [2.05, 4.69) is 10.4 Å². The molecule has 1 aliphatic rings. The molecule has 1 aromatic rings. The second-order valence-electron chi connectivity index (χ2n) is 5.03. The first-order chi connectivity index (χ1) is 9.08. The smallest absolute Gasteiger partial charge is 0.241 e. The summed E-state index contributed by atoms with van der Waals surface area (Å²) in [5.41, 5.74) is 8.17. The first kappa shape index (κ1) is 14.2. The molecule has 0 saturated carbocycles. The molecular weight excluding hydrogens is 260 g/mol. The van der Waals surface area contributed by atoms with Crippen LogP contribution in [0, 0.1) is 13.8 Å². The Morgan fingerprint density at radius 3 is 2.89 bits per heavy atom. The van der Waals surface area contributed by atoms with Gasteiger partial charge in [-0.15, -0.1) is 0 Å². The van der Waals surface area contributed by atoms with Crippen LogP contribution in [-0.4, -0.2) is 33.2 Å². The molecule has 1 fully saturated rings. The van der Waals surface area contributed by atoms with Crippen LogP contribution in [0.15, 0.2) is 0 Å². The predicted molar refractivity (Wildman–Crippen MR) is 79.2 cm³/mol. The molecule has 6 heteroatoms. The number of thioether (sulfide) groups is 1. The van der Waals surface area contributed by atoms with Gasteiger partial charge >= 0.3 is 0 Å². The summed E-state index contributed by atoms with van der Waals surface area (Å²) < 4.78 is 1.67. The molecule has 1 aromatic heterocycles. The van der Waals surface area contributed by atoms with Gasteiger partial charge < -0.3 is 11.1 Å². The Bertz CT molecular complexity index is 452. The van der Waals surface area contributed by atoms with Crippen LogP contribution in [0.5, 0.6) is 0 Å². The number of carbonyl (C=O) groups is 1. The first-order valence-electron chi connectivity index (χ1n) is 6.75. The Balaban J connectivity index is 1.82. The highest BCUT2D eigenvalue weighted by molar-refractivity contribution is 7.99. The summed E-state index contributed by atoms with van der Waals surface area (Å²) in [6.07, 6.45) is 3.79. The number of nitrogens with zero attached hydrogens (tertiary/aromatic N) is 2. The van der Waals surface area contributed by atoms with Crippen LogP contribution in [0.3, 0.4) is 0 Å². The SMILES string of the molecule is Cc1nn(CC(=O)NCC2CCCCS2)c(C)c1N. The van der Waals surface area contributed by atoms with Crippen molar-refractivity contribution in [3.05, 3.63) is 11.4 Å². The van der Waals surface area contributed by atoms with Crippen molar-refractivity contribution in [3.8, 4) is 0 Å². The van der Waals surface area contributed by atoms with Gasteiger partial charge in [0.25, 0.3) is 0 Å². The zero-order valence-corrected chi connectivity index (χ0v) is 12.4. The molecule has 3 N–H and O–H groups in total. The van der Waals surface area contributed by atoms with Crippen LogP contribution in [0.1, 0.15) is 30.7 Å². The van der Waals surface area contributed by atoms with Crippen LogP contribution in [0.2, 0.25) is 0 Å². The molecule has 1 saturated heterocycles. The zero-order valence-electron chi connectivity index (χ0n) is 11.6. The molecule has 0 aliphatic carbocycles. The number of anilines is 1. The Kier molecular flexibility index (Phi) is 4.74. The quantitative estimate of drug-likeness (QED) is 0.877. The van der Waals surface area contributed by atoms with Gasteiger partial charge in [-0.25, -0.2) is 0 Å². The normalized spacial score (nSPS) is 19.4. The van der Waals surface area contributed by atoms with Gasteiger partial charge in [-0.3, -0.25) is 9.48 Å². The minimum Gasteiger partial charge on any atom is -0.396 e. The number of nitrogens with two attached hydrogens (primary N) is 1. The lowest BCUT2D eigenvalue weighted by molar-refractivity contribution is -0.121. The van der Waals surface area contributed by atoms with E-state index in [-0.39, 0.29) is 12.5 Å². The Morgan fingerprint density at radius 2 is 2.32 bits per heavy atom. The van der Waals surface area contributed by atoms with Gasteiger partial charge in [0.1, 0.15) is 6.54 Å². The number of aromatic nitrogens is 2. The van der Waals surface area contributed by atoms with E-state index in [1.807, 2.05) is 25.6 Å². The lowest BCUT2D eigenvalue weighted by atomic mass is 10.2. The second-order valence-corrected chi connectivity index (χ2v) is 6.44. The number of nitrogen functional groups attached to an aromatic ring is 1. The fraction of sp³-hybridized carbons (Fsp3) is 0.692. The van der Waals surface area contributed by atoms with Crippen LogP contribution in [0.4, 0.5) is 5.69 Å². The molecule has 1 aliphatic heterocycles. The van der Waals surface area contributed by atoms with Crippen LogP contribution in [-0.2, 0) is 11.3 Å². The summed E-state index contributed by atoms with van der Waals surface area (Å²) in [7, 11) is 0. The van der Waals surface area contributed by atoms with Gasteiger partial charge in [0.15, 0.2) is 0 Å². The highest BCUT2D eigenvalue weighted by Crippen LogP contribution is 2.24. The minimum atomic E-state index is 0.0109. The molecule has 1 unspecified atom stereocenters. The van der Waals surface area contributed by atoms with Crippen molar-refractivity contribution >= 4 is 23.4 Å². The Hall–Kier alpha value is -1.17. The Labute approximate surface area is 118 Å². The summed E-state index contributed by atoms with van der Waals surface area (Å²) in [5.74, 6) is 1.23. The summed E-state index contributed by atoms with van der Waals surface area (Å²) in [4.78, 5) is 11.9. The third kappa shape index (κ3) is 3.65. The van der Waals surface area contributed by atoms with E-state index in [4.69, 9.17) is 5.73 Å². The molecule has 0 aromatic carbocycles. The van der Waals surface area contributed by atoms with E-state index in [1.165, 1.54) is 25.0 Å². The van der Waals surface area contributed by atoms with E-state index in [0.717, 1.165) is 17.9 Å². The standard InChI is InChI=1S/C13H22N4OS/c1-9-13(14)10(2)17(16-9)8-12(18)15-7-11-5-3-4-6-19-11/h11H,3-8,14H2,1-2H3,(H,15,18). The van der Waals surface area contributed by atoms with Crippen molar-refractivity contribution in [1.82, 2.24) is 15.1 Å². The van der Waals surface area contributed by atoms with Crippen molar-refractivity contribution in [1.29, 1.82) is 0 Å². The van der Waals surface area contributed by atoms with Crippen molar-refractivity contribution < 1.29 is 4.79 Å². The van der Waals surface area contributed by atoms with Gasteiger partial charge in [-0.1, -0.05) is 6.42 Å². The minimum absolute atomic E-state index is 0.0109. The lowest BCUT2D eigenvalue weighted by Gasteiger charge is -2.21. The maximum atomic E-state index is 11.9. The highest BCUT2D eigenvalue weighted by atomic mass is 32.2. The molecule has 2 rings (SSSR count). The highest BCUT2D eigenvalue weighted by Gasteiger charge is 2.16. The fourth-order valence-corrected chi connectivity index (χ4v) is 3.49. The zero-order chi connectivity index (χ0) is 13.8. The molecule has 0 radical (unpaired) electrons. The number of carbonyl (C=O) groups excluding carboxylic acids is 1. The van der Waals surface area contributed by atoms with E-state index >= 15 is 0 Å². The second kappa shape index (κ2) is 6.32. The van der Waals surface area contributed by atoms with E-state index in [9.17, 15) is 4.79 Å². The summed E-state index contributed by atoms with van der Waals surface area (Å²) in [5, 5.41) is 7.84. The van der Waals surface area contributed by atoms with E-state index < -0.39 is 0 Å². The molecule has 1 atom stereocenters. The van der Waals surface area contributed by atoms with Gasteiger partial charge in [0.05, 0.1) is 17.1 Å². The molecule has 2 heterocycles. The van der Waals surface area contributed by atoms with E-state index in [0.29, 0.717) is 10.9 Å². The molecule has 19 heavy (non-hydrogen) atoms. The third-order valence-electron chi connectivity index (χ3n) is 3.53. The van der Waals surface area contributed by atoms with Crippen molar-refractivity contribution in [3.63, 3.8) is 0 Å². The topological polar surface area (TPSA) is 72.9 Å². The predicted octanol–water partition coefficient (Wildman–Crippen LogP) is 1.48. The summed E-state index contributed by atoms with van der Waals surface area (Å²) in [6.45, 7) is 4.76. The van der Waals surface area contributed by atoms with Crippen molar-refractivity contribution in [2.45, 2.75) is 44.9 Å². The van der Waals surface area contributed by atoms with E-state index in [1.54, 1.807) is 4.68 Å². The third-order valence-corrected chi connectivity index (χ3v) is 4.93. The van der Waals surface area contributed by atoms with Crippen LogP contribution >= 0.6 is 11.8 Å². The Morgan fingerprint density at radius 1 is 1.53 bits per heavy atom. The molecule has 0 bridgehead atoms. The number of aryl methyl sites for hydroxylation is 1. The summed E-state index contributed by atoms with van der Waals surface area (Å²) >= 11 is 1.96. The fourth-order valence-electron chi connectivity index (χ4n) is 2.25.